The molecule has 3 N–H and O–H groups in total. The van der Waals surface area contributed by atoms with Crippen LogP contribution in [0, 0.1) is 0 Å². The van der Waals surface area contributed by atoms with Crippen LogP contribution in [0.15, 0.2) is 0 Å². The van der Waals surface area contributed by atoms with Crippen molar-refractivity contribution < 1.29 is 24.3 Å². The van der Waals surface area contributed by atoms with Crippen LogP contribution in [0.3, 0.4) is 0 Å². The zero-order valence-corrected chi connectivity index (χ0v) is 19.5. The Bertz CT molecular complexity index is 559. The Kier molecular flexibility index (Phi) is 15.2. The SMILES string of the molecule is CC(=O)C(CO)NC(=O)C[C@@H](C(=O)NCCCN(C)C)N(C)C(=O)CCCCCS. The van der Waals surface area contributed by atoms with Crippen molar-refractivity contribution in [3.8, 4) is 0 Å². The quantitative estimate of drug-likeness (QED) is 0.193. The lowest BCUT2D eigenvalue weighted by Crippen LogP contribution is -2.51. The van der Waals surface area contributed by atoms with E-state index in [0.29, 0.717) is 13.0 Å². The first kappa shape index (κ1) is 28.4. The standard InChI is InChI=1S/C20H38N4O5S/c1-15(26)16(14-25)22-18(27)13-17(20(29)21-10-8-11-23(2)3)24(4)19(28)9-6-5-7-12-30/h16-17,25,30H,5-14H2,1-4H3,(H,21,29)(H,22,27)/t16?,17-/m0/s1. The van der Waals surface area contributed by atoms with E-state index in [2.05, 4.69) is 23.3 Å². The van der Waals surface area contributed by atoms with E-state index in [-0.39, 0.29) is 24.5 Å². The van der Waals surface area contributed by atoms with Crippen molar-refractivity contribution in [3.63, 3.8) is 0 Å². The summed E-state index contributed by atoms with van der Waals surface area (Å²) in [6, 6.07) is -2.02. The third-order valence-electron chi connectivity index (χ3n) is 4.68. The number of aliphatic hydroxyl groups excluding tert-OH is 1. The van der Waals surface area contributed by atoms with Crippen LogP contribution in [-0.2, 0) is 19.2 Å². The number of ketones is 1. The van der Waals surface area contributed by atoms with Gasteiger partial charge in [-0.25, -0.2) is 0 Å². The highest BCUT2D eigenvalue weighted by Crippen LogP contribution is 2.09. The molecule has 0 aliphatic rings. The Morgan fingerprint density at radius 2 is 1.70 bits per heavy atom. The van der Waals surface area contributed by atoms with Gasteiger partial charge in [-0.1, -0.05) is 6.42 Å². The van der Waals surface area contributed by atoms with Crippen LogP contribution in [0.25, 0.3) is 0 Å². The zero-order chi connectivity index (χ0) is 23.1. The number of carbonyl (C=O) groups excluding carboxylic acids is 4. The molecule has 0 aliphatic carbocycles. The summed E-state index contributed by atoms with van der Waals surface area (Å²) in [4.78, 5) is 52.3. The molecular formula is C20H38N4O5S. The molecule has 0 bridgehead atoms. The van der Waals surface area contributed by atoms with Crippen molar-refractivity contribution in [2.45, 2.75) is 57.5 Å². The maximum absolute atomic E-state index is 12.7. The second kappa shape index (κ2) is 16.1. The lowest BCUT2D eigenvalue weighted by atomic mass is 10.1. The highest BCUT2D eigenvalue weighted by molar-refractivity contribution is 7.80. The molecule has 0 aromatic rings. The van der Waals surface area contributed by atoms with Gasteiger partial charge >= 0.3 is 0 Å². The number of Topliss-reactive ketones (excluding diaryl/α,β-unsaturated/α-hetero) is 1. The topological polar surface area (TPSA) is 119 Å². The lowest BCUT2D eigenvalue weighted by Gasteiger charge is -2.28. The maximum Gasteiger partial charge on any atom is 0.243 e. The number of nitrogens with zero attached hydrogens (tertiary/aromatic N) is 2. The van der Waals surface area contributed by atoms with Crippen LogP contribution < -0.4 is 10.6 Å². The first-order valence-corrected chi connectivity index (χ1v) is 11.0. The third-order valence-corrected chi connectivity index (χ3v) is 5.00. The Labute approximate surface area is 185 Å². The fourth-order valence-corrected chi connectivity index (χ4v) is 2.97. The van der Waals surface area contributed by atoms with Gasteiger partial charge in [0.1, 0.15) is 12.1 Å². The van der Waals surface area contributed by atoms with E-state index in [9.17, 15) is 24.3 Å². The number of rotatable bonds is 16. The Balaban J connectivity index is 5.04. The molecule has 0 aromatic heterocycles. The van der Waals surface area contributed by atoms with Gasteiger partial charge in [0.05, 0.1) is 13.0 Å². The minimum Gasteiger partial charge on any atom is -0.394 e. The Hall–Kier alpha value is -1.65. The first-order chi connectivity index (χ1) is 14.1. The van der Waals surface area contributed by atoms with Crippen molar-refractivity contribution in [3.05, 3.63) is 0 Å². The number of unbranched alkanes of at least 4 members (excludes halogenated alkanes) is 2. The number of hydrogen-bond donors (Lipinski definition) is 4. The molecule has 0 saturated carbocycles. The van der Waals surface area contributed by atoms with E-state index in [1.807, 2.05) is 19.0 Å². The summed E-state index contributed by atoms with van der Waals surface area (Å²) in [7, 11) is 5.37. The fourth-order valence-electron chi connectivity index (χ4n) is 2.75. The minimum atomic E-state index is -1.02. The Morgan fingerprint density at radius 1 is 1.03 bits per heavy atom. The van der Waals surface area contributed by atoms with Crippen LogP contribution in [0.4, 0.5) is 0 Å². The molecule has 2 atom stereocenters. The van der Waals surface area contributed by atoms with Gasteiger partial charge in [-0.3, -0.25) is 19.2 Å². The average Bonchev–Trinajstić information content (AvgIpc) is 2.69. The van der Waals surface area contributed by atoms with Gasteiger partial charge in [0, 0.05) is 20.0 Å². The van der Waals surface area contributed by atoms with Crippen molar-refractivity contribution in [2.24, 2.45) is 0 Å². The number of thiol groups is 1. The van der Waals surface area contributed by atoms with Crippen LogP contribution in [0.2, 0.25) is 0 Å². The molecule has 0 fully saturated rings. The number of aliphatic hydroxyl groups is 1. The molecule has 0 rings (SSSR count). The molecule has 30 heavy (non-hydrogen) atoms. The molecule has 0 heterocycles. The third kappa shape index (κ3) is 12.1. The van der Waals surface area contributed by atoms with Gasteiger partial charge in [0.15, 0.2) is 5.78 Å². The normalized spacial score (nSPS) is 12.9. The van der Waals surface area contributed by atoms with Gasteiger partial charge < -0.3 is 25.5 Å². The monoisotopic (exact) mass is 446 g/mol. The summed E-state index contributed by atoms with van der Waals surface area (Å²) in [5.41, 5.74) is 0. The maximum atomic E-state index is 12.7. The van der Waals surface area contributed by atoms with Crippen LogP contribution in [-0.4, -0.2) is 97.1 Å². The van der Waals surface area contributed by atoms with Crippen LogP contribution in [0.1, 0.15) is 45.4 Å². The molecule has 0 radical (unpaired) electrons. The number of likely N-dealkylation sites (N-methyl/N-ethyl adjacent to an activating group) is 1. The molecule has 1 unspecified atom stereocenters. The second-order valence-corrected chi connectivity index (χ2v) is 8.07. The smallest absolute Gasteiger partial charge is 0.243 e. The van der Waals surface area contributed by atoms with E-state index < -0.39 is 30.5 Å². The number of carbonyl (C=O) groups is 4. The van der Waals surface area contributed by atoms with Gasteiger partial charge in [0.25, 0.3) is 0 Å². The Morgan fingerprint density at radius 3 is 2.23 bits per heavy atom. The molecule has 0 aliphatic heterocycles. The number of amides is 3. The van der Waals surface area contributed by atoms with Crippen LogP contribution >= 0.6 is 12.6 Å². The highest BCUT2D eigenvalue weighted by atomic mass is 32.1. The van der Waals surface area contributed by atoms with Crippen molar-refractivity contribution in [1.82, 2.24) is 20.4 Å². The molecule has 3 amide bonds. The van der Waals surface area contributed by atoms with E-state index in [1.165, 1.54) is 18.9 Å². The molecule has 174 valence electrons. The summed E-state index contributed by atoms with van der Waals surface area (Å²) in [5.74, 6) is -0.847. The fraction of sp³-hybridized carbons (Fsp3) is 0.800. The van der Waals surface area contributed by atoms with Gasteiger partial charge in [-0.15, -0.1) is 0 Å². The second-order valence-electron chi connectivity index (χ2n) is 7.62. The summed E-state index contributed by atoms with van der Waals surface area (Å²) >= 11 is 4.15. The first-order valence-electron chi connectivity index (χ1n) is 10.3. The molecule has 0 aromatic carbocycles. The van der Waals surface area contributed by atoms with E-state index >= 15 is 0 Å². The lowest BCUT2D eigenvalue weighted by molar-refractivity contribution is -0.141. The molecule has 10 heteroatoms. The summed E-state index contributed by atoms with van der Waals surface area (Å²) in [5, 5.41) is 14.4. The van der Waals surface area contributed by atoms with Crippen molar-refractivity contribution in [2.75, 3.05) is 46.6 Å². The molecule has 0 spiro atoms. The van der Waals surface area contributed by atoms with Crippen molar-refractivity contribution >= 4 is 36.1 Å². The molecular weight excluding hydrogens is 408 g/mol. The van der Waals surface area contributed by atoms with Gasteiger partial charge in [0.2, 0.25) is 17.7 Å². The average molecular weight is 447 g/mol. The van der Waals surface area contributed by atoms with Gasteiger partial charge in [-0.05, 0) is 52.6 Å². The number of nitrogens with one attached hydrogen (secondary N) is 2. The van der Waals surface area contributed by atoms with Crippen LogP contribution in [0.5, 0.6) is 0 Å². The largest absolute Gasteiger partial charge is 0.394 e. The van der Waals surface area contributed by atoms with Gasteiger partial charge in [-0.2, -0.15) is 12.6 Å². The number of hydrogen-bond acceptors (Lipinski definition) is 7. The molecule has 0 saturated heterocycles. The minimum absolute atomic E-state index is 0.222. The predicted octanol–water partition coefficient (Wildman–Crippen LogP) is -0.172. The van der Waals surface area contributed by atoms with Crippen molar-refractivity contribution in [1.29, 1.82) is 0 Å². The summed E-state index contributed by atoms with van der Waals surface area (Å²) < 4.78 is 0. The highest BCUT2D eigenvalue weighted by Gasteiger charge is 2.30. The zero-order valence-electron chi connectivity index (χ0n) is 18.6. The van der Waals surface area contributed by atoms with E-state index in [1.54, 1.807) is 0 Å². The summed E-state index contributed by atoms with van der Waals surface area (Å²) in [6.07, 6.45) is 3.18. The molecule has 9 nitrogen and oxygen atoms in total. The summed E-state index contributed by atoms with van der Waals surface area (Å²) in [6.45, 7) is 1.95. The predicted molar refractivity (Wildman–Crippen MR) is 119 cm³/mol. The van der Waals surface area contributed by atoms with E-state index in [0.717, 1.165) is 31.6 Å². The van der Waals surface area contributed by atoms with E-state index in [4.69, 9.17) is 0 Å².